The van der Waals surface area contributed by atoms with E-state index in [1.807, 2.05) is 0 Å². The first-order valence-electron chi connectivity index (χ1n) is 8.61. The van der Waals surface area contributed by atoms with Crippen molar-refractivity contribution in [1.82, 2.24) is 0 Å². The number of aliphatic hydroxyl groups excluding tert-OH is 2. The molecule has 0 aliphatic heterocycles. The zero-order valence-electron chi connectivity index (χ0n) is 16.0. The summed E-state index contributed by atoms with van der Waals surface area (Å²) in [5.74, 6) is -6.56. The number of benzene rings is 2. The summed E-state index contributed by atoms with van der Waals surface area (Å²) in [6, 6.07) is 6.63. The van der Waals surface area contributed by atoms with E-state index in [0.29, 0.717) is 11.1 Å². The van der Waals surface area contributed by atoms with Crippen molar-refractivity contribution in [3.8, 4) is 0 Å². The largest absolute Gasteiger partial charge is 0.479 e. The predicted octanol–water partition coefficient (Wildman–Crippen LogP) is 2.99. The first kappa shape index (κ1) is 27.1. The molecule has 0 amide bonds. The summed E-state index contributed by atoms with van der Waals surface area (Å²) in [4.78, 5) is 43.4. The van der Waals surface area contributed by atoms with Crippen LogP contribution < -0.4 is 0 Å². The monoisotopic (exact) mass is 492 g/mol. The van der Waals surface area contributed by atoms with E-state index in [-0.39, 0.29) is 16.1 Å². The molecule has 0 fully saturated rings. The molecule has 8 nitrogen and oxygen atoms in total. The molecular formula is C20H16Cl2F2O8. The van der Waals surface area contributed by atoms with Gasteiger partial charge in [-0.3, -0.25) is 9.59 Å². The molecule has 4 N–H and O–H groups in total. The Bertz CT molecular complexity index is 947. The van der Waals surface area contributed by atoms with Crippen LogP contribution in [0.3, 0.4) is 0 Å². The third-order valence-electron chi connectivity index (χ3n) is 3.81. The number of ketones is 2. The average molecular weight is 493 g/mol. The standard InChI is InChI=1S/C10H8Cl2O4.C10H8F2O4/c2*11-6-2-1-5(3-7(6)12)8(13)4-9(14)10(15)16/h2*1-3,9,14H,4H2,(H,15,16)/t2*9-/m01/s1. The van der Waals surface area contributed by atoms with Crippen LogP contribution in [0.15, 0.2) is 36.4 Å². The van der Waals surface area contributed by atoms with Gasteiger partial charge in [0.1, 0.15) is 0 Å². The van der Waals surface area contributed by atoms with E-state index in [1.54, 1.807) is 0 Å². The molecule has 0 bridgehead atoms. The molecule has 12 heteroatoms. The molecule has 0 unspecified atom stereocenters. The second-order valence-electron chi connectivity index (χ2n) is 6.22. The number of carboxylic acids is 2. The fourth-order valence-corrected chi connectivity index (χ4v) is 2.40. The number of rotatable bonds is 8. The minimum atomic E-state index is -1.85. The number of hydrogen-bond acceptors (Lipinski definition) is 6. The van der Waals surface area contributed by atoms with E-state index in [9.17, 15) is 28.0 Å². The fraction of sp³-hybridized carbons (Fsp3) is 0.200. The van der Waals surface area contributed by atoms with Crippen LogP contribution in [0, 0.1) is 11.6 Å². The second kappa shape index (κ2) is 12.2. The second-order valence-corrected chi connectivity index (χ2v) is 7.03. The molecule has 0 aliphatic rings. The lowest BCUT2D eigenvalue weighted by atomic mass is 10.1. The Kier molecular flexibility index (Phi) is 10.3. The van der Waals surface area contributed by atoms with Crippen LogP contribution in [-0.4, -0.2) is 56.1 Å². The van der Waals surface area contributed by atoms with Gasteiger partial charge in [0.05, 0.1) is 10.0 Å². The van der Waals surface area contributed by atoms with Gasteiger partial charge in [0, 0.05) is 24.0 Å². The number of Topliss-reactive ketones (excluding diaryl/α,β-unsaturated/α-hetero) is 2. The van der Waals surface area contributed by atoms with Crippen molar-refractivity contribution in [2.75, 3.05) is 0 Å². The van der Waals surface area contributed by atoms with E-state index >= 15 is 0 Å². The molecule has 2 rings (SSSR count). The quantitative estimate of drug-likeness (QED) is 0.410. The van der Waals surface area contributed by atoms with E-state index in [1.165, 1.54) is 18.2 Å². The lowest BCUT2D eigenvalue weighted by Gasteiger charge is -2.05. The summed E-state index contributed by atoms with van der Waals surface area (Å²) >= 11 is 11.3. The summed E-state index contributed by atoms with van der Waals surface area (Å²) in [6.45, 7) is 0. The Labute approximate surface area is 189 Å². The summed E-state index contributed by atoms with van der Waals surface area (Å²) in [6.07, 6.45) is -4.73. The van der Waals surface area contributed by atoms with Crippen LogP contribution >= 0.6 is 23.2 Å². The van der Waals surface area contributed by atoms with E-state index in [0.717, 1.165) is 12.1 Å². The predicted molar refractivity (Wildman–Crippen MR) is 108 cm³/mol. The van der Waals surface area contributed by atoms with Gasteiger partial charge in [0.25, 0.3) is 0 Å². The Hall–Kier alpha value is -2.92. The van der Waals surface area contributed by atoms with Gasteiger partial charge in [0.2, 0.25) is 0 Å². The van der Waals surface area contributed by atoms with Gasteiger partial charge < -0.3 is 20.4 Å². The van der Waals surface area contributed by atoms with E-state index in [4.69, 9.17) is 43.6 Å². The van der Waals surface area contributed by atoms with Crippen molar-refractivity contribution in [1.29, 1.82) is 0 Å². The molecule has 0 heterocycles. The van der Waals surface area contributed by atoms with Crippen molar-refractivity contribution < 1.29 is 48.4 Å². The number of halogens is 4. The first-order valence-corrected chi connectivity index (χ1v) is 9.37. The first-order chi connectivity index (χ1) is 14.8. The maximum absolute atomic E-state index is 12.7. The SMILES string of the molecule is O=C(C[C@@H](O)C(=O)O)c1ccc(F)c(F)c1.O=C(C[C@H](O)C(=O)O)c1ccc(Cl)c(Cl)c1. The van der Waals surface area contributed by atoms with Crippen molar-refractivity contribution >= 4 is 46.7 Å². The molecule has 2 aromatic carbocycles. The molecule has 0 radical (unpaired) electrons. The van der Waals surface area contributed by atoms with Crippen molar-refractivity contribution in [3.05, 3.63) is 69.2 Å². The van der Waals surface area contributed by atoms with Crippen LogP contribution in [0.2, 0.25) is 10.0 Å². The summed E-state index contributed by atoms with van der Waals surface area (Å²) < 4.78 is 25.3. The van der Waals surface area contributed by atoms with Gasteiger partial charge >= 0.3 is 11.9 Å². The van der Waals surface area contributed by atoms with Gasteiger partial charge in [-0.15, -0.1) is 0 Å². The normalized spacial score (nSPS) is 12.2. The van der Waals surface area contributed by atoms with Crippen LogP contribution in [0.1, 0.15) is 33.6 Å². The van der Waals surface area contributed by atoms with Gasteiger partial charge in [-0.2, -0.15) is 0 Å². The van der Waals surface area contributed by atoms with Crippen LogP contribution in [0.5, 0.6) is 0 Å². The lowest BCUT2D eigenvalue weighted by molar-refractivity contribution is -0.147. The number of aliphatic carboxylic acids is 2. The van der Waals surface area contributed by atoms with Crippen molar-refractivity contribution in [3.63, 3.8) is 0 Å². The topological polar surface area (TPSA) is 149 Å². The molecule has 0 aromatic heterocycles. The maximum atomic E-state index is 12.7. The van der Waals surface area contributed by atoms with E-state index < -0.39 is 60.2 Å². The average Bonchev–Trinajstić information content (AvgIpc) is 2.72. The summed E-state index contributed by atoms with van der Waals surface area (Å²) in [5, 5.41) is 35.2. The molecule has 172 valence electrons. The minimum absolute atomic E-state index is 0.181. The molecule has 32 heavy (non-hydrogen) atoms. The zero-order chi connectivity index (χ0) is 24.6. The highest BCUT2D eigenvalue weighted by Gasteiger charge is 2.20. The van der Waals surface area contributed by atoms with Gasteiger partial charge in [-0.25, -0.2) is 18.4 Å². The van der Waals surface area contributed by atoms with Crippen molar-refractivity contribution in [2.24, 2.45) is 0 Å². The molecule has 0 saturated heterocycles. The number of carboxylic acid groups (broad SMARTS) is 2. The molecular weight excluding hydrogens is 477 g/mol. The minimum Gasteiger partial charge on any atom is -0.479 e. The Morgan fingerprint density at radius 1 is 0.719 bits per heavy atom. The number of carbonyl (C=O) groups excluding carboxylic acids is 2. The Morgan fingerprint density at radius 2 is 1.16 bits per heavy atom. The highest BCUT2D eigenvalue weighted by molar-refractivity contribution is 6.42. The van der Waals surface area contributed by atoms with E-state index in [2.05, 4.69) is 0 Å². The zero-order valence-corrected chi connectivity index (χ0v) is 17.5. The number of aliphatic hydroxyl groups is 2. The molecule has 2 aromatic rings. The third-order valence-corrected chi connectivity index (χ3v) is 4.55. The number of carbonyl (C=O) groups is 4. The van der Waals surface area contributed by atoms with Crippen LogP contribution in [0.25, 0.3) is 0 Å². The summed E-state index contributed by atoms with van der Waals surface area (Å²) in [5.41, 5.74) is 0.0360. The van der Waals surface area contributed by atoms with Crippen molar-refractivity contribution in [2.45, 2.75) is 25.0 Å². The maximum Gasteiger partial charge on any atom is 0.332 e. The smallest absolute Gasteiger partial charge is 0.332 e. The van der Waals surface area contributed by atoms with Gasteiger partial charge in [-0.05, 0) is 36.4 Å². The Morgan fingerprint density at radius 3 is 1.56 bits per heavy atom. The Balaban J connectivity index is 0.000000320. The fourth-order valence-electron chi connectivity index (χ4n) is 2.10. The van der Waals surface area contributed by atoms with Crippen LogP contribution in [0.4, 0.5) is 8.78 Å². The highest BCUT2D eigenvalue weighted by Crippen LogP contribution is 2.23. The molecule has 2 atom stereocenters. The lowest BCUT2D eigenvalue weighted by Crippen LogP contribution is -2.23. The molecule has 0 aliphatic carbocycles. The number of hydrogen-bond donors (Lipinski definition) is 4. The summed E-state index contributed by atoms with van der Waals surface area (Å²) in [7, 11) is 0. The van der Waals surface area contributed by atoms with Gasteiger partial charge in [0.15, 0.2) is 35.4 Å². The van der Waals surface area contributed by atoms with Crippen LogP contribution in [-0.2, 0) is 9.59 Å². The third kappa shape index (κ3) is 8.31. The molecule has 0 saturated carbocycles. The highest BCUT2D eigenvalue weighted by atomic mass is 35.5. The molecule has 0 spiro atoms. The van der Waals surface area contributed by atoms with Gasteiger partial charge in [-0.1, -0.05) is 23.2 Å².